The molecule has 1 fully saturated rings. The van der Waals surface area contributed by atoms with Crippen LogP contribution in [0.15, 0.2) is 30.3 Å². The molecule has 1 aromatic carbocycles. The normalized spacial score (nSPS) is 36.3. The first-order valence-corrected chi connectivity index (χ1v) is 6.54. The van der Waals surface area contributed by atoms with Crippen molar-refractivity contribution in [2.24, 2.45) is 0 Å². The Balaban J connectivity index is 2.08. The molecule has 1 aliphatic rings. The van der Waals surface area contributed by atoms with Crippen LogP contribution < -0.4 is 4.74 Å². The van der Waals surface area contributed by atoms with Gasteiger partial charge < -0.3 is 19.7 Å². The van der Waals surface area contributed by atoms with Gasteiger partial charge in [0.1, 0.15) is 18.0 Å². The van der Waals surface area contributed by atoms with Gasteiger partial charge in [0.15, 0.2) is 0 Å². The van der Waals surface area contributed by atoms with E-state index in [0.717, 1.165) is 0 Å². The van der Waals surface area contributed by atoms with E-state index in [-0.39, 0.29) is 5.88 Å². The minimum absolute atomic E-state index is 0.118. The number of aliphatic hydroxyl groups excluding tert-OH is 2. The third-order valence-corrected chi connectivity index (χ3v) is 3.61. The monoisotopic (exact) mass is 292 g/mol. The molecule has 1 saturated heterocycles. The summed E-state index contributed by atoms with van der Waals surface area (Å²) in [5.41, 5.74) is 0. The van der Waals surface area contributed by atoms with Crippen molar-refractivity contribution in [2.75, 3.05) is 5.88 Å². The van der Waals surface area contributed by atoms with Gasteiger partial charge in [0.25, 0.3) is 0 Å². The molecule has 0 aromatic heterocycles. The Morgan fingerprint density at radius 1 is 1.17 bits per heavy atom. The maximum atomic E-state index is 9.85. The van der Waals surface area contributed by atoms with Crippen molar-refractivity contribution in [3.8, 4) is 5.75 Å². The molecule has 0 aliphatic carbocycles. The number of hydrogen-bond donors (Lipinski definition) is 2. The second kappa shape index (κ2) is 6.08. The van der Waals surface area contributed by atoms with Crippen LogP contribution in [0.2, 0.25) is 0 Å². The average Bonchev–Trinajstić information content (AvgIpc) is 2.40. The Kier molecular flexibility index (Phi) is 4.70. The smallest absolute Gasteiger partial charge is 0.229 e. The number of hydrogen-bond acceptors (Lipinski definition) is 4. The number of halogens is 2. The fraction of sp³-hybridized carbons (Fsp3) is 0.500. The summed E-state index contributed by atoms with van der Waals surface area (Å²) in [5, 5.41) is 18.9. The molecule has 1 heterocycles. The van der Waals surface area contributed by atoms with E-state index >= 15 is 0 Å². The lowest BCUT2D eigenvalue weighted by molar-refractivity contribution is -0.228. The van der Waals surface area contributed by atoms with Gasteiger partial charge >= 0.3 is 0 Å². The molecule has 0 amide bonds. The van der Waals surface area contributed by atoms with E-state index in [4.69, 9.17) is 32.7 Å². The van der Waals surface area contributed by atoms with Gasteiger partial charge in [-0.15, -0.1) is 23.2 Å². The molecule has 0 bridgehead atoms. The van der Waals surface area contributed by atoms with E-state index in [1.165, 1.54) is 0 Å². The van der Waals surface area contributed by atoms with Gasteiger partial charge in [-0.1, -0.05) is 18.2 Å². The van der Waals surface area contributed by atoms with Crippen LogP contribution >= 0.6 is 23.2 Å². The first kappa shape index (κ1) is 13.9. The van der Waals surface area contributed by atoms with Crippen molar-refractivity contribution in [1.29, 1.82) is 0 Å². The maximum Gasteiger partial charge on any atom is 0.229 e. The lowest BCUT2D eigenvalue weighted by atomic mass is 10.0. The van der Waals surface area contributed by atoms with Gasteiger partial charge in [-0.25, -0.2) is 0 Å². The highest BCUT2D eigenvalue weighted by atomic mass is 35.5. The first-order chi connectivity index (χ1) is 8.63. The van der Waals surface area contributed by atoms with Crippen molar-refractivity contribution in [2.45, 2.75) is 30.0 Å². The number of ether oxygens (including phenoxy) is 2. The fourth-order valence-corrected chi connectivity index (χ4v) is 2.40. The molecular weight excluding hydrogens is 279 g/mol. The average molecular weight is 293 g/mol. The number of alkyl halides is 2. The zero-order valence-corrected chi connectivity index (χ0v) is 11.0. The molecule has 0 spiro atoms. The predicted molar refractivity (Wildman–Crippen MR) is 68.1 cm³/mol. The van der Waals surface area contributed by atoms with Crippen molar-refractivity contribution in [3.63, 3.8) is 0 Å². The van der Waals surface area contributed by atoms with Gasteiger partial charge in [-0.2, -0.15) is 0 Å². The topological polar surface area (TPSA) is 58.9 Å². The Hall–Kier alpha value is -0.520. The third kappa shape index (κ3) is 2.90. The molecular formula is C12H14Cl2O4. The van der Waals surface area contributed by atoms with Crippen molar-refractivity contribution in [1.82, 2.24) is 0 Å². The van der Waals surface area contributed by atoms with E-state index in [2.05, 4.69) is 0 Å². The zero-order chi connectivity index (χ0) is 13.1. The van der Waals surface area contributed by atoms with Gasteiger partial charge in [0, 0.05) is 0 Å². The molecule has 6 heteroatoms. The molecule has 100 valence electrons. The van der Waals surface area contributed by atoms with E-state index < -0.39 is 30.0 Å². The van der Waals surface area contributed by atoms with E-state index in [9.17, 15) is 10.2 Å². The van der Waals surface area contributed by atoms with Gasteiger partial charge in [0.05, 0.1) is 17.4 Å². The van der Waals surface area contributed by atoms with Crippen molar-refractivity contribution < 1.29 is 19.7 Å². The van der Waals surface area contributed by atoms with E-state index in [1.54, 1.807) is 24.3 Å². The third-order valence-electron chi connectivity index (χ3n) is 2.77. The maximum absolute atomic E-state index is 9.85. The van der Waals surface area contributed by atoms with Gasteiger partial charge in [-0.05, 0) is 12.1 Å². The summed E-state index contributed by atoms with van der Waals surface area (Å²) < 4.78 is 10.9. The molecule has 1 aromatic rings. The Morgan fingerprint density at radius 3 is 2.44 bits per heavy atom. The Morgan fingerprint density at radius 2 is 1.83 bits per heavy atom. The van der Waals surface area contributed by atoms with Crippen LogP contribution in [0.4, 0.5) is 0 Å². The van der Waals surface area contributed by atoms with Crippen LogP contribution in [-0.2, 0) is 4.74 Å². The minimum atomic E-state index is -1.22. The molecule has 4 nitrogen and oxygen atoms in total. The largest absolute Gasteiger partial charge is 0.462 e. The molecule has 2 N–H and O–H groups in total. The fourth-order valence-electron chi connectivity index (χ4n) is 1.75. The molecule has 1 aliphatic heterocycles. The van der Waals surface area contributed by atoms with E-state index in [1.807, 2.05) is 6.07 Å². The first-order valence-electron chi connectivity index (χ1n) is 5.57. The highest BCUT2D eigenvalue weighted by molar-refractivity contribution is 6.23. The predicted octanol–water partition coefficient (Wildman–Crippen LogP) is 1.36. The summed E-state index contributed by atoms with van der Waals surface area (Å²) in [6.07, 6.45) is -3.91. The van der Waals surface area contributed by atoms with Crippen LogP contribution in [0.3, 0.4) is 0 Å². The second-order valence-electron chi connectivity index (χ2n) is 4.05. The zero-order valence-electron chi connectivity index (χ0n) is 9.45. The quantitative estimate of drug-likeness (QED) is 0.826. The second-order valence-corrected chi connectivity index (χ2v) is 4.87. The van der Waals surface area contributed by atoms with Crippen LogP contribution in [-0.4, -0.2) is 46.1 Å². The van der Waals surface area contributed by atoms with Crippen molar-refractivity contribution >= 4 is 23.2 Å². The minimum Gasteiger partial charge on any atom is -0.462 e. The lowest BCUT2D eigenvalue weighted by Crippen LogP contribution is -2.57. The summed E-state index contributed by atoms with van der Waals surface area (Å²) in [4.78, 5) is 0. The molecule has 0 unspecified atom stereocenters. The van der Waals surface area contributed by atoms with E-state index in [0.29, 0.717) is 5.75 Å². The van der Waals surface area contributed by atoms with Crippen molar-refractivity contribution in [3.05, 3.63) is 30.3 Å². The number of rotatable bonds is 3. The van der Waals surface area contributed by atoms with Gasteiger partial charge in [-0.3, -0.25) is 0 Å². The highest BCUT2D eigenvalue weighted by Crippen LogP contribution is 2.27. The van der Waals surface area contributed by atoms with Crippen LogP contribution in [0.25, 0.3) is 0 Å². The Labute approximate surface area is 115 Å². The van der Waals surface area contributed by atoms with Gasteiger partial charge in [0.2, 0.25) is 6.29 Å². The molecule has 18 heavy (non-hydrogen) atoms. The summed E-state index contributed by atoms with van der Waals surface area (Å²) in [6.45, 7) is 0. The standard InChI is InChI=1S/C12H14Cl2O4/c13-6-8-9(14)10(15)11(16)12(18-8)17-7-4-2-1-3-5-7/h1-5,8-12,15-16H,6H2/t8-,9+,10+,11-,12-/m1/s1. The number of benzene rings is 1. The SMILES string of the molecule is O[C@@H]1[C@@H](O)[C@H](Oc2ccccc2)O[C@H](CCl)[C@@H]1Cl. The molecule has 5 atom stereocenters. The summed E-state index contributed by atoms with van der Waals surface area (Å²) in [5.74, 6) is 0.655. The summed E-state index contributed by atoms with van der Waals surface area (Å²) >= 11 is 11.6. The van der Waals surface area contributed by atoms with Crippen LogP contribution in [0, 0.1) is 0 Å². The van der Waals surface area contributed by atoms with Crippen LogP contribution in [0.1, 0.15) is 0 Å². The number of para-hydroxylation sites is 1. The molecule has 0 saturated carbocycles. The summed E-state index contributed by atoms with van der Waals surface area (Å²) in [6, 6.07) is 8.89. The van der Waals surface area contributed by atoms with Crippen LogP contribution in [0.5, 0.6) is 5.75 Å². The Bertz CT molecular complexity index is 374. The molecule has 0 radical (unpaired) electrons. The highest BCUT2D eigenvalue weighted by Gasteiger charge is 2.44. The summed E-state index contributed by atoms with van der Waals surface area (Å²) in [7, 11) is 0. The molecule has 2 rings (SSSR count). The lowest BCUT2D eigenvalue weighted by Gasteiger charge is -2.39. The number of aliphatic hydroxyl groups is 2.